The number of anilines is 2. The summed E-state index contributed by atoms with van der Waals surface area (Å²) in [5.74, 6) is -1.86. The molecule has 9 heteroatoms. The van der Waals surface area contributed by atoms with Crippen molar-refractivity contribution in [1.29, 1.82) is 0 Å². The van der Waals surface area contributed by atoms with Crippen molar-refractivity contribution in [2.24, 2.45) is 0 Å². The van der Waals surface area contributed by atoms with E-state index in [9.17, 15) is 13.6 Å². The number of halogens is 2. The lowest BCUT2D eigenvalue weighted by Gasteiger charge is -2.12. The molecule has 1 unspecified atom stereocenters. The summed E-state index contributed by atoms with van der Waals surface area (Å²) in [7, 11) is 0. The van der Waals surface area contributed by atoms with Gasteiger partial charge in [0.05, 0.1) is 10.6 Å². The Morgan fingerprint density at radius 3 is 2.58 bits per heavy atom. The van der Waals surface area contributed by atoms with Crippen LogP contribution < -0.4 is 11.1 Å². The van der Waals surface area contributed by atoms with Crippen LogP contribution in [0.3, 0.4) is 0 Å². The number of nitrogens with two attached hydrogens (primary N) is 1. The predicted octanol–water partition coefficient (Wildman–Crippen LogP) is 4.29. The van der Waals surface area contributed by atoms with Crippen LogP contribution in [0.5, 0.6) is 0 Å². The van der Waals surface area contributed by atoms with Crippen molar-refractivity contribution in [3.63, 3.8) is 0 Å². The van der Waals surface area contributed by atoms with Gasteiger partial charge in [0.15, 0.2) is 5.16 Å². The number of aromatic nitrogens is 2. The maximum absolute atomic E-state index is 13.7. The predicted molar refractivity (Wildman–Crippen MR) is 102 cm³/mol. The Balaban J connectivity index is 1.80. The Bertz CT molecular complexity index is 986. The van der Waals surface area contributed by atoms with E-state index in [1.165, 1.54) is 17.4 Å². The van der Waals surface area contributed by atoms with Crippen molar-refractivity contribution in [3.05, 3.63) is 40.3 Å². The van der Waals surface area contributed by atoms with Crippen LogP contribution in [0.2, 0.25) is 0 Å². The highest BCUT2D eigenvalue weighted by atomic mass is 32.2. The molecule has 0 aliphatic heterocycles. The van der Waals surface area contributed by atoms with E-state index in [0.717, 1.165) is 44.6 Å². The summed E-state index contributed by atoms with van der Waals surface area (Å²) in [6.45, 7) is 5.54. The van der Waals surface area contributed by atoms with Gasteiger partial charge in [-0.3, -0.25) is 4.79 Å². The molecule has 3 rings (SSSR count). The van der Waals surface area contributed by atoms with E-state index in [1.807, 2.05) is 13.8 Å². The van der Waals surface area contributed by atoms with Crippen molar-refractivity contribution in [3.8, 4) is 0 Å². The molecule has 0 radical (unpaired) electrons. The molecular weight excluding hydrogens is 378 g/mol. The molecule has 136 valence electrons. The number of nitrogens with one attached hydrogen (secondary N) is 1. The largest absolute Gasteiger partial charge is 0.383 e. The van der Waals surface area contributed by atoms with E-state index in [2.05, 4.69) is 15.3 Å². The highest BCUT2D eigenvalue weighted by molar-refractivity contribution is 8.00. The van der Waals surface area contributed by atoms with Crippen LogP contribution >= 0.6 is 23.1 Å². The van der Waals surface area contributed by atoms with Crippen LogP contribution in [-0.2, 0) is 4.79 Å². The average molecular weight is 394 g/mol. The average Bonchev–Trinajstić information content (AvgIpc) is 2.85. The number of carbonyl (C=O) groups excluding carboxylic acids is 1. The van der Waals surface area contributed by atoms with E-state index in [4.69, 9.17) is 5.73 Å². The zero-order chi connectivity index (χ0) is 19.0. The van der Waals surface area contributed by atoms with Crippen LogP contribution in [0.1, 0.15) is 17.4 Å². The molecule has 0 saturated heterocycles. The molecule has 3 N–H and O–H groups in total. The molecule has 2 aromatic heterocycles. The lowest BCUT2D eigenvalue weighted by Crippen LogP contribution is -2.24. The quantitative estimate of drug-likeness (QED) is 0.510. The zero-order valence-electron chi connectivity index (χ0n) is 14.3. The fourth-order valence-electron chi connectivity index (χ4n) is 2.37. The molecule has 0 bridgehead atoms. The highest BCUT2D eigenvalue weighted by Gasteiger charge is 2.21. The van der Waals surface area contributed by atoms with E-state index < -0.39 is 28.5 Å². The Kier molecular flexibility index (Phi) is 5.10. The SMILES string of the molecule is Cc1sc2nc(SC(C)C(=O)Nc3c(F)cccc3F)nc(N)c2c1C. The number of rotatable bonds is 4. The monoisotopic (exact) mass is 394 g/mol. The minimum atomic E-state index is -0.831. The van der Waals surface area contributed by atoms with Gasteiger partial charge in [-0.15, -0.1) is 11.3 Å². The van der Waals surface area contributed by atoms with Crippen LogP contribution in [-0.4, -0.2) is 21.1 Å². The van der Waals surface area contributed by atoms with Gasteiger partial charge in [0.25, 0.3) is 0 Å². The smallest absolute Gasteiger partial charge is 0.237 e. The van der Waals surface area contributed by atoms with Crippen LogP contribution in [0.4, 0.5) is 20.3 Å². The number of hydrogen-bond donors (Lipinski definition) is 2. The Labute approximate surface area is 157 Å². The number of nitrogen functional groups attached to an aromatic ring is 1. The molecule has 0 aliphatic rings. The molecule has 0 aliphatic carbocycles. The fraction of sp³-hybridized carbons (Fsp3) is 0.235. The van der Waals surface area contributed by atoms with Gasteiger partial charge in [-0.2, -0.15) is 0 Å². The van der Waals surface area contributed by atoms with Gasteiger partial charge in [0, 0.05) is 4.88 Å². The van der Waals surface area contributed by atoms with Crippen molar-refractivity contribution in [2.75, 3.05) is 11.1 Å². The molecule has 1 amide bonds. The molecule has 0 fully saturated rings. The fourth-order valence-corrected chi connectivity index (χ4v) is 4.24. The number of aryl methyl sites for hydroxylation is 2. The second kappa shape index (κ2) is 7.16. The summed E-state index contributed by atoms with van der Waals surface area (Å²) in [6.07, 6.45) is 0. The van der Waals surface area contributed by atoms with E-state index in [-0.39, 0.29) is 0 Å². The Morgan fingerprint density at radius 1 is 1.27 bits per heavy atom. The number of carbonyl (C=O) groups is 1. The van der Waals surface area contributed by atoms with Gasteiger partial charge in [-0.05, 0) is 38.5 Å². The number of thiophene rings is 1. The third-order valence-electron chi connectivity index (χ3n) is 3.90. The normalized spacial score (nSPS) is 12.3. The molecule has 2 heterocycles. The second-order valence-corrected chi connectivity index (χ2v) is 8.21. The molecular formula is C17H16F2N4OS2. The lowest BCUT2D eigenvalue weighted by molar-refractivity contribution is -0.115. The minimum absolute atomic E-state index is 0.341. The summed E-state index contributed by atoms with van der Waals surface area (Å²) in [5.41, 5.74) is 6.60. The van der Waals surface area contributed by atoms with Crippen molar-refractivity contribution in [1.82, 2.24) is 9.97 Å². The van der Waals surface area contributed by atoms with Crippen molar-refractivity contribution < 1.29 is 13.6 Å². The molecule has 0 saturated carbocycles. The molecule has 0 spiro atoms. The number of nitrogens with zero attached hydrogens (tertiary/aromatic N) is 2. The Hall–Kier alpha value is -2.26. The molecule has 1 aromatic carbocycles. The molecule has 5 nitrogen and oxygen atoms in total. The van der Waals surface area contributed by atoms with Gasteiger partial charge in [-0.1, -0.05) is 17.8 Å². The first-order valence-corrected chi connectivity index (χ1v) is 9.42. The summed E-state index contributed by atoms with van der Waals surface area (Å²) in [6, 6.07) is 3.39. The van der Waals surface area contributed by atoms with Crippen LogP contribution in [0.15, 0.2) is 23.4 Å². The van der Waals surface area contributed by atoms with Crippen molar-refractivity contribution in [2.45, 2.75) is 31.2 Å². The first-order chi connectivity index (χ1) is 12.3. The second-order valence-electron chi connectivity index (χ2n) is 5.70. The molecule has 1 atom stereocenters. The summed E-state index contributed by atoms with van der Waals surface area (Å²) < 4.78 is 27.3. The van der Waals surface area contributed by atoms with Gasteiger partial charge >= 0.3 is 0 Å². The molecule has 3 aromatic rings. The van der Waals surface area contributed by atoms with E-state index in [1.54, 1.807) is 6.92 Å². The minimum Gasteiger partial charge on any atom is -0.383 e. The number of benzene rings is 1. The van der Waals surface area contributed by atoms with Crippen LogP contribution in [0, 0.1) is 25.5 Å². The Morgan fingerprint density at radius 2 is 1.92 bits per heavy atom. The van der Waals surface area contributed by atoms with Crippen molar-refractivity contribution >= 4 is 50.7 Å². The first-order valence-electron chi connectivity index (χ1n) is 7.72. The third-order valence-corrected chi connectivity index (χ3v) is 5.96. The number of fused-ring (bicyclic) bond motifs is 1. The van der Waals surface area contributed by atoms with Crippen LogP contribution in [0.25, 0.3) is 10.2 Å². The topological polar surface area (TPSA) is 80.9 Å². The number of amides is 1. The third kappa shape index (κ3) is 3.49. The maximum Gasteiger partial charge on any atom is 0.237 e. The number of para-hydroxylation sites is 1. The van der Waals surface area contributed by atoms with E-state index >= 15 is 0 Å². The summed E-state index contributed by atoms with van der Waals surface area (Å²) >= 11 is 2.58. The van der Waals surface area contributed by atoms with Gasteiger partial charge < -0.3 is 11.1 Å². The lowest BCUT2D eigenvalue weighted by atomic mass is 10.2. The standard InChI is InChI=1S/C17H16F2N4OS2/c1-7-8(2)25-16-12(7)14(20)22-17(23-16)26-9(3)15(24)21-13-10(18)5-4-6-11(13)19/h4-6,9H,1-3H3,(H,21,24)(H2,20,22,23). The maximum atomic E-state index is 13.7. The van der Waals surface area contributed by atoms with E-state index in [0.29, 0.717) is 11.0 Å². The van der Waals surface area contributed by atoms with Gasteiger partial charge in [0.1, 0.15) is 28.0 Å². The zero-order valence-corrected chi connectivity index (χ0v) is 15.9. The van der Waals surface area contributed by atoms with Gasteiger partial charge in [0.2, 0.25) is 5.91 Å². The number of thioether (sulfide) groups is 1. The summed E-state index contributed by atoms with van der Waals surface area (Å²) in [4.78, 5) is 22.8. The number of hydrogen-bond acceptors (Lipinski definition) is 6. The highest BCUT2D eigenvalue weighted by Crippen LogP contribution is 2.34. The first kappa shape index (κ1) is 18.5. The summed E-state index contributed by atoms with van der Waals surface area (Å²) in [5, 5.41) is 2.76. The van der Waals surface area contributed by atoms with Gasteiger partial charge in [-0.25, -0.2) is 18.7 Å². The molecule has 26 heavy (non-hydrogen) atoms.